The zero-order valence-electron chi connectivity index (χ0n) is 20.4. The normalized spacial score (nSPS) is 14.4. The Hall–Kier alpha value is -4.27. The molecule has 0 spiro atoms. The third kappa shape index (κ3) is 5.19. The molecule has 36 heavy (non-hydrogen) atoms. The molecule has 9 nitrogen and oxygen atoms in total. The average Bonchev–Trinajstić information content (AvgIpc) is 3.46. The minimum absolute atomic E-state index is 0.00558. The number of carbonyl (C=O) groups is 3. The number of nitrogens with one attached hydrogen (secondary N) is 1. The van der Waals surface area contributed by atoms with Gasteiger partial charge >= 0.3 is 5.97 Å². The second kappa shape index (κ2) is 11.0. The number of esters is 1. The number of nitrogens with zero attached hydrogens (tertiary/aromatic N) is 1. The topological polar surface area (TPSA) is 107 Å². The van der Waals surface area contributed by atoms with Gasteiger partial charge in [-0.2, -0.15) is 0 Å². The predicted molar refractivity (Wildman–Crippen MR) is 131 cm³/mol. The summed E-state index contributed by atoms with van der Waals surface area (Å²) < 4.78 is 21.1. The molecule has 1 atom stereocenters. The van der Waals surface area contributed by atoms with Crippen molar-refractivity contribution >= 4 is 23.5 Å². The van der Waals surface area contributed by atoms with Crippen molar-refractivity contribution < 1.29 is 33.0 Å². The molecule has 0 radical (unpaired) electrons. The van der Waals surface area contributed by atoms with E-state index in [9.17, 15) is 14.4 Å². The minimum atomic E-state index is -0.795. The van der Waals surface area contributed by atoms with Gasteiger partial charge in [0.25, 0.3) is 11.8 Å². The molecule has 1 unspecified atom stereocenters. The maximum atomic E-state index is 13.0. The van der Waals surface area contributed by atoms with Crippen LogP contribution >= 0.6 is 0 Å². The van der Waals surface area contributed by atoms with Gasteiger partial charge in [0.2, 0.25) is 0 Å². The summed E-state index contributed by atoms with van der Waals surface area (Å²) in [5, 5.41) is 2.63. The Morgan fingerprint density at radius 3 is 2.53 bits per heavy atom. The number of anilines is 1. The van der Waals surface area contributed by atoms with Gasteiger partial charge in [0.15, 0.2) is 23.9 Å². The third-order valence-corrected chi connectivity index (χ3v) is 6.26. The number of aryl methyl sites for hydroxylation is 1. The molecule has 0 fully saturated rings. The van der Waals surface area contributed by atoms with Crippen LogP contribution in [0, 0.1) is 0 Å². The molecular formula is C27H28N2O7. The molecule has 0 saturated heterocycles. The van der Waals surface area contributed by atoms with Crippen LogP contribution in [-0.2, 0) is 16.0 Å². The lowest BCUT2D eigenvalue weighted by atomic mass is 9.87. The number of furan rings is 1. The van der Waals surface area contributed by atoms with Crippen molar-refractivity contribution in [3.05, 3.63) is 77.2 Å². The monoisotopic (exact) mass is 492 g/mol. The lowest BCUT2D eigenvalue weighted by Crippen LogP contribution is -2.36. The molecule has 1 aromatic heterocycles. The van der Waals surface area contributed by atoms with Crippen LogP contribution in [0.3, 0.4) is 0 Å². The highest BCUT2D eigenvalue weighted by Gasteiger charge is 2.28. The van der Waals surface area contributed by atoms with Gasteiger partial charge in [-0.25, -0.2) is 4.79 Å². The van der Waals surface area contributed by atoms with E-state index in [0.717, 1.165) is 24.8 Å². The van der Waals surface area contributed by atoms with Crippen LogP contribution in [0.2, 0.25) is 0 Å². The summed E-state index contributed by atoms with van der Waals surface area (Å²) in [6.07, 6.45) is 4.16. The molecule has 0 bridgehead atoms. The fourth-order valence-corrected chi connectivity index (χ4v) is 4.35. The van der Waals surface area contributed by atoms with Crippen molar-refractivity contribution in [2.45, 2.75) is 25.3 Å². The molecule has 0 saturated carbocycles. The molecule has 1 aliphatic carbocycles. The second-order valence-corrected chi connectivity index (χ2v) is 8.37. The number of rotatable bonds is 8. The number of fused-ring (bicyclic) bond motifs is 1. The minimum Gasteiger partial charge on any atom is -0.493 e. The maximum absolute atomic E-state index is 13.0. The van der Waals surface area contributed by atoms with Crippen LogP contribution in [0.15, 0.2) is 59.2 Å². The van der Waals surface area contributed by atoms with E-state index in [1.165, 1.54) is 44.2 Å². The molecule has 1 heterocycles. The third-order valence-electron chi connectivity index (χ3n) is 6.26. The van der Waals surface area contributed by atoms with Crippen molar-refractivity contribution in [1.82, 2.24) is 4.90 Å². The van der Waals surface area contributed by atoms with E-state index >= 15 is 0 Å². The fraction of sp³-hybridized carbons (Fsp3) is 0.296. The lowest BCUT2D eigenvalue weighted by molar-refractivity contribution is -0.135. The van der Waals surface area contributed by atoms with Crippen molar-refractivity contribution in [3.63, 3.8) is 0 Å². The number of benzene rings is 2. The first-order valence-corrected chi connectivity index (χ1v) is 11.5. The summed E-state index contributed by atoms with van der Waals surface area (Å²) in [7, 11) is 4.58. The number of likely N-dealkylation sites (N-methyl/N-ethyl adjacent to an activating group) is 1. The van der Waals surface area contributed by atoms with Crippen molar-refractivity contribution in [3.8, 4) is 11.5 Å². The molecule has 1 N–H and O–H groups in total. The summed E-state index contributed by atoms with van der Waals surface area (Å²) in [6, 6.07) is 13.9. The highest BCUT2D eigenvalue weighted by molar-refractivity contribution is 6.07. The lowest BCUT2D eigenvalue weighted by Gasteiger charge is -2.33. The SMILES string of the molecule is COc1cc(NC(=O)c2ccco2)c(C(=O)OCC(=O)N(C)C2CCCc3ccccc32)cc1OC. The summed E-state index contributed by atoms with van der Waals surface area (Å²) in [6.45, 7) is -0.450. The fourth-order valence-electron chi connectivity index (χ4n) is 4.35. The largest absolute Gasteiger partial charge is 0.493 e. The summed E-state index contributed by atoms with van der Waals surface area (Å²) in [5.41, 5.74) is 2.48. The first kappa shape index (κ1) is 24.8. The van der Waals surface area contributed by atoms with Crippen LogP contribution in [0.1, 0.15) is 50.9 Å². The number of amides is 2. The molecule has 9 heteroatoms. The van der Waals surface area contributed by atoms with E-state index in [2.05, 4.69) is 11.4 Å². The molecule has 0 aliphatic heterocycles. The second-order valence-electron chi connectivity index (χ2n) is 8.37. The Labute approximate surface area is 208 Å². The van der Waals surface area contributed by atoms with Gasteiger partial charge in [0.05, 0.1) is 37.8 Å². The van der Waals surface area contributed by atoms with Gasteiger partial charge < -0.3 is 28.8 Å². The van der Waals surface area contributed by atoms with Crippen molar-refractivity contribution in [2.24, 2.45) is 0 Å². The Morgan fingerprint density at radius 1 is 1.06 bits per heavy atom. The Balaban J connectivity index is 1.50. The van der Waals surface area contributed by atoms with Gasteiger partial charge in [-0.1, -0.05) is 24.3 Å². The number of hydrogen-bond acceptors (Lipinski definition) is 7. The molecule has 188 valence electrons. The molecule has 2 aromatic carbocycles. The average molecular weight is 493 g/mol. The Kier molecular flexibility index (Phi) is 7.58. The van der Waals surface area contributed by atoms with Crippen LogP contribution < -0.4 is 14.8 Å². The number of carbonyl (C=O) groups excluding carboxylic acids is 3. The quantitative estimate of drug-likeness (QED) is 0.469. The van der Waals surface area contributed by atoms with E-state index in [1.807, 2.05) is 18.2 Å². The number of methoxy groups -OCH3 is 2. The Bertz CT molecular complexity index is 1250. The van der Waals surface area contributed by atoms with Gasteiger partial charge in [-0.15, -0.1) is 0 Å². The molecule has 1 aliphatic rings. The van der Waals surface area contributed by atoms with Crippen molar-refractivity contribution in [2.75, 3.05) is 33.2 Å². The molecular weight excluding hydrogens is 464 g/mol. The van der Waals surface area contributed by atoms with Crippen LogP contribution in [0.5, 0.6) is 11.5 Å². The van der Waals surface area contributed by atoms with E-state index in [0.29, 0.717) is 5.75 Å². The maximum Gasteiger partial charge on any atom is 0.340 e. The zero-order valence-corrected chi connectivity index (χ0v) is 20.4. The number of hydrogen-bond donors (Lipinski definition) is 1. The van der Waals surface area contributed by atoms with E-state index in [-0.39, 0.29) is 34.7 Å². The van der Waals surface area contributed by atoms with Crippen LogP contribution in [-0.4, -0.2) is 50.6 Å². The van der Waals surface area contributed by atoms with Gasteiger partial charge in [0, 0.05) is 19.2 Å². The first-order chi connectivity index (χ1) is 17.4. The van der Waals surface area contributed by atoms with Crippen LogP contribution in [0.25, 0.3) is 0 Å². The van der Waals surface area contributed by atoms with Gasteiger partial charge in [-0.05, 0) is 42.5 Å². The smallest absolute Gasteiger partial charge is 0.340 e. The predicted octanol–water partition coefficient (Wildman–Crippen LogP) is 4.24. The van der Waals surface area contributed by atoms with Crippen molar-refractivity contribution in [1.29, 1.82) is 0 Å². The van der Waals surface area contributed by atoms with Crippen LogP contribution in [0.4, 0.5) is 5.69 Å². The summed E-state index contributed by atoms with van der Waals surface area (Å²) in [5.74, 6) is -1.05. The number of ether oxygens (including phenoxy) is 3. The standard InChI is InChI=1S/C27H28N2O7/c1-29(21-11-6-9-17-8-4-5-10-18(17)21)25(30)16-36-27(32)19-14-23(33-2)24(34-3)15-20(19)28-26(31)22-12-7-13-35-22/h4-5,7-8,10,12-15,21H,6,9,11,16H2,1-3H3,(H,28,31). The first-order valence-electron chi connectivity index (χ1n) is 11.5. The molecule has 2 amide bonds. The zero-order chi connectivity index (χ0) is 25.7. The highest BCUT2D eigenvalue weighted by atomic mass is 16.5. The van der Waals surface area contributed by atoms with E-state index in [4.69, 9.17) is 18.6 Å². The summed E-state index contributed by atoms with van der Waals surface area (Å²) >= 11 is 0. The summed E-state index contributed by atoms with van der Waals surface area (Å²) in [4.78, 5) is 40.2. The Morgan fingerprint density at radius 2 is 1.81 bits per heavy atom. The van der Waals surface area contributed by atoms with E-state index < -0.39 is 18.5 Å². The molecule has 4 rings (SSSR count). The van der Waals surface area contributed by atoms with Gasteiger partial charge in [0.1, 0.15) is 0 Å². The van der Waals surface area contributed by atoms with E-state index in [1.54, 1.807) is 18.0 Å². The van der Waals surface area contributed by atoms with Gasteiger partial charge in [-0.3, -0.25) is 9.59 Å². The molecule has 3 aromatic rings. The highest BCUT2D eigenvalue weighted by Crippen LogP contribution is 2.35.